The Kier molecular flexibility index (Phi) is 9.78. The molecule has 1 fully saturated rings. The van der Waals surface area contributed by atoms with Crippen LogP contribution in [0.2, 0.25) is 0 Å². The molecule has 2 rings (SSSR count). The number of ether oxygens (including phenoxy) is 2. The van der Waals surface area contributed by atoms with Crippen molar-refractivity contribution in [1.29, 1.82) is 0 Å². The van der Waals surface area contributed by atoms with Crippen LogP contribution < -0.4 is 4.57 Å². The fourth-order valence-electron chi connectivity index (χ4n) is 2.37. The lowest BCUT2D eigenvalue weighted by molar-refractivity contribution is -0.765. The van der Waals surface area contributed by atoms with Crippen molar-refractivity contribution in [3.8, 4) is 0 Å². The van der Waals surface area contributed by atoms with Gasteiger partial charge in [-0.15, -0.1) is 0 Å². The third kappa shape index (κ3) is 7.97. The van der Waals surface area contributed by atoms with E-state index in [0.29, 0.717) is 18.1 Å². The van der Waals surface area contributed by atoms with E-state index in [4.69, 9.17) is 27.6 Å². The average Bonchev–Trinajstić information content (AvgIpc) is 2.95. The van der Waals surface area contributed by atoms with Gasteiger partial charge in [0.25, 0.3) is 6.23 Å². The molecule has 1 saturated heterocycles. The Morgan fingerprint density at radius 2 is 1.90 bits per heavy atom. The molecule has 4 atom stereocenters. The Balaban J connectivity index is 0.000000512. The van der Waals surface area contributed by atoms with Crippen LogP contribution in [0.5, 0.6) is 0 Å². The maximum atomic E-state index is 12.0. The highest BCUT2D eigenvalue weighted by Crippen LogP contribution is 2.25. The number of esters is 1. The first-order chi connectivity index (χ1) is 14.2. The zero-order valence-electron chi connectivity index (χ0n) is 16.6. The van der Waals surface area contributed by atoms with E-state index in [2.05, 4.69) is 0 Å². The van der Waals surface area contributed by atoms with Gasteiger partial charge in [0, 0.05) is 6.07 Å². The highest BCUT2D eigenvalue weighted by molar-refractivity contribution is 7.86. The van der Waals surface area contributed by atoms with Crippen molar-refractivity contribution >= 4 is 16.1 Å². The Hall–Kier alpha value is -1.84. The van der Waals surface area contributed by atoms with Gasteiger partial charge in [0.2, 0.25) is 0 Å². The summed E-state index contributed by atoms with van der Waals surface area (Å²) in [4.78, 5) is 12.0. The predicted octanol–water partition coefficient (Wildman–Crippen LogP) is -0.160. The SMILES string of the molecule is CC(C)CCOC(=O)c1ccc[n+]([C@@H]2O[C@H](CO)[C@@H](O)[C@H]2O)c1.O=S(=O)([O-])C(F)(F)F. The summed E-state index contributed by atoms with van der Waals surface area (Å²) in [7, 11) is -6.09. The number of hydrogen-bond donors (Lipinski definition) is 3. The fraction of sp³-hybridized carbons (Fsp3) is 0.647. The number of carbonyl (C=O) groups is 1. The molecule has 0 aromatic carbocycles. The summed E-state index contributed by atoms with van der Waals surface area (Å²) in [6, 6.07) is 3.24. The lowest BCUT2D eigenvalue weighted by Crippen LogP contribution is -2.46. The Morgan fingerprint density at radius 3 is 2.35 bits per heavy atom. The molecule has 31 heavy (non-hydrogen) atoms. The van der Waals surface area contributed by atoms with Gasteiger partial charge in [-0.05, 0) is 18.4 Å². The first-order valence-corrected chi connectivity index (χ1v) is 10.4. The third-order valence-corrected chi connectivity index (χ3v) is 4.65. The van der Waals surface area contributed by atoms with Gasteiger partial charge >= 0.3 is 11.5 Å². The molecule has 0 saturated carbocycles. The van der Waals surface area contributed by atoms with E-state index in [9.17, 15) is 28.2 Å². The number of alkyl halides is 3. The molecule has 1 aromatic rings. The van der Waals surface area contributed by atoms with Crippen molar-refractivity contribution in [3.63, 3.8) is 0 Å². The van der Waals surface area contributed by atoms with Gasteiger partial charge in [-0.25, -0.2) is 13.2 Å². The van der Waals surface area contributed by atoms with E-state index in [0.717, 1.165) is 6.42 Å². The van der Waals surface area contributed by atoms with Crippen LogP contribution in [0.1, 0.15) is 36.9 Å². The normalized spacial score (nSPS) is 23.9. The van der Waals surface area contributed by atoms with Gasteiger partial charge in [-0.1, -0.05) is 13.8 Å². The Bertz CT molecular complexity index is 832. The van der Waals surface area contributed by atoms with Crippen molar-refractivity contribution in [1.82, 2.24) is 0 Å². The van der Waals surface area contributed by atoms with Gasteiger partial charge in [0.05, 0.1) is 13.2 Å². The first-order valence-electron chi connectivity index (χ1n) is 9.01. The number of rotatable bonds is 6. The van der Waals surface area contributed by atoms with Crippen LogP contribution in [0, 0.1) is 5.92 Å². The van der Waals surface area contributed by atoms with Crippen LogP contribution in [-0.4, -0.2) is 71.3 Å². The number of aliphatic hydroxyl groups is 3. The number of carbonyl (C=O) groups excluding carboxylic acids is 1. The van der Waals surface area contributed by atoms with Crippen LogP contribution in [0.4, 0.5) is 13.2 Å². The van der Waals surface area contributed by atoms with Crippen LogP contribution in [0.25, 0.3) is 0 Å². The van der Waals surface area contributed by atoms with Crippen LogP contribution >= 0.6 is 0 Å². The summed E-state index contributed by atoms with van der Waals surface area (Å²) in [6.45, 7) is 4.05. The van der Waals surface area contributed by atoms with Crippen molar-refractivity contribution in [2.75, 3.05) is 13.2 Å². The van der Waals surface area contributed by atoms with Crippen LogP contribution in [-0.2, 0) is 19.6 Å². The van der Waals surface area contributed by atoms with Crippen LogP contribution in [0.3, 0.4) is 0 Å². The van der Waals surface area contributed by atoms with Gasteiger partial charge in [0.1, 0.15) is 17.8 Å². The molecule has 0 unspecified atom stereocenters. The Labute approximate surface area is 176 Å². The molecule has 0 radical (unpaired) electrons. The zero-order chi connectivity index (χ0) is 24.0. The molecule has 10 nitrogen and oxygen atoms in total. The van der Waals surface area contributed by atoms with Crippen molar-refractivity contribution in [2.24, 2.45) is 5.92 Å². The summed E-state index contributed by atoms with van der Waals surface area (Å²) in [5.74, 6) is -0.00538. The highest BCUT2D eigenvalue weighted by Gasteiger charge is 2.48. The fourth-order valence-corrected chi connectivity index (χ4v) is 2.37. The van der Waals surface area contributed by atoms with Gasteiger partial charge < -0.3 is 29.3 Å². The monoisotopic (exact) mass is 475 g/mol. The summed E-state index contributed by atoms with van der Waals surface area (Å²) in [6.07, 6.45) is -0.199. The maximum Gasteiger partial charge on any atom is 0.485 e. The van der Waals surface area contributed by atoms with Crippen molar-refractivity contribution in [3.05, 3.63) is 30.1 Å². The van der Waals surface area contributed by atoms with E-state index in [1.54, 1.807) is 18.3 Å². The molecule has 2 heterocycles. The smallest absolute Gasteiger partial charge is 0.485 e. The summed E-state index contributed by atoms with van der Waals surface area (Å²) >= 11 is 0. The number of hydrogen-bond acceptors (Lipinski definition) is 9. The summed E-state index contributed by atoms with van der Waals surface area (Å²) in [5.41, 5.74) is -5.32. The number of halogens is 3. The molecule has 0 spiro atoms. The molecular formula is C17H24F3NO9S. The average molecular weight is 475 g/mol. The Morgan fingerprint density at radius 1 is 1.32 bits per heavy atom. The molecule has 1 aromatic heterocycles. The van der Waals surface area contributed by atoms with E-state index in [-0.39, 0.29) is 0 Å². The van der Waals surface area contributed by atoms with E-state index >= 15 is 0 Å². The van der Waals surface area contributed by atoms with Crippen molar-refractivity contribution < 1.29 is 60.3 Å². The van der Waals surface area contributed by atoms with Gasteiger partial charge in [-0.2, -0.15) is 17.7 Å². The first kappa shape index (κ1) is 27.2. The second-order valence-electron chi connectivity index (χ2n) is 6.99. The van der Waals surface area contributed by atoms with Gasteiger partial charge in [-0.3, -0.25) is 0 Å². The minimum absolute atomic E-state index is 0.328. The highest BCUT2D eigenvalue weighted by atomic mass is 32.2. The second-order valence-corrected chi connectivity index (χ2v) is 8.36. The number of aliphatic hydroxyl groups excluding tert-OH is 3. The number of aromatic nitrogens is 1. The maximum absolute atomic E-state index is 12.0. The largest absolute Gasteiger partial charge is 0.741 e. The van der Waals surface area contributed by atoms with E-state index < -0.39 is 52.7 Å². The summed E-state index contributed by atoms with van der Waals surface area (Å²) in [5, 5.41) is 28.9. The molecule has 3 N–H and O–H groups in total. The predicted molar refractivity (Wildman–Crippen MR) is 95.1 cm³/mol. The lowest BCUT2D eigenvalue weighted by Gasteiger charge is -2.10. The molecule has 178 valence electrons. The van der Waals surface area contributed by atoms with Crippen LogP contribution in [0.15, 0.2) is 24.5 Å². The lowest BCUT2D eigenvalue weighted by atomic mass is 10.1. The zero-order valence-corrected chi connectivity index (χ0v) is 17.4. The topological polar surface area (TPSA) is 157 Å². The molecular weight excluding hydrogens is 451 g/mol. The molecule has 1 aliphatic rings. The number of pyridine rings is 1. The van der Waals surface area contributed by atoms with E-state index in [1.807, 2.05) is 13.8 Å². The standard InChI is InChI=1S/C16H24NO6.CHF3O3S/c1-10(2)5-7-22-16(21)11-4-3-6-17(8-11)15-14(20)13(19)12(9-18)23-15;2-1(3,4)8(5,6)7/h3-4,6,8,10,12-15,18-20H,5,7,9H2,1-2H3;(H,5,6,7)/q+1;/p-1/t12-,13-,14-,15-;/m1./s1. The molecule has 14 heteroatoms. The summed E-state index contributed by atoms with van der Waals surface area (Å²) < 4.78 is 71.0. The molecule has 1 aliphatic heterocycles. The minimum atomic E-state index is -6.09. The number of nitrogens with zero attached hydrogens (tertiary/aromatic N) is 1. The molecule has 0 bridgehead atoms. The molecule has 0 aliphatic carbocycles. The van der Waals surface area contributed by atoms with E-state index in [1.165, 1.54) is 10.8 Å². The van der Waals surface area contributed by atoms with Crippen molar-refractivity contribution in [2.45, 2.75) is 50.3 Å². The second kappa shape index (κ2) is 11.2. The molecule has 0 amide bonds. The third-order valence-electron chi connectivity index (χ3n) is 4.08. The van der Waals surface area contributed by atoms with Gasteiger partial charge in [0.15, 0.2) is 28.6 Å². The minimum Gasteiger partial charge on any atom is -0.741 e. The quantitative estimate of drug-likeness (QED) is 0.220.